The average molecular weight is 366 g/mol. The van der Waals surface area contributed by atoms with Gasteiger partial charge < -0.3 is 9.84 Å². The Morgan fingerprint density at radius 1 is 1.15 bits per heavy atom. The average Bonchev–Trinajstić information content (AvgIpc) is 3.43. The summed E-state index contributed by atoms with van der Waals surface area (Å²) >= 11 is 0. The second-order valence-electron chi connectivity index (χ2n) is 8.68. The van der Waals surface area contributed by atoms with Crippen LogP contribution < -0.4 is 5.32 Å². The first-order chi connectivity index (χ1) is 13.1. The van der Waals surface area contributed by atoms with Crippen LogP contribution in [0.1, 0.15) is 69.0 Å². The van der Waals surface area contributed by atoms with E-state index in [4.69, 9.17) is 16.1 Å². The number of fused-ring (bicyclic) bond motifs is 3. The van der Waals surface area contributed by atoms with Gasteiger partial charge in [-0.2, -0.15) is 4.98 Å². The van der Waals surface area contributed by atoms with E-state index in [2.05, 4.69) is 15.3 Å². The van der Waals surface area contributed by atoms with Crippen LogP contribution in [0.3, 0.4) is 0 Å². The van der Waals surface area contributed by atoms with E-state index >= 15 is 0 Å². The molecule has 6 heteroatoms. The number of halogens is 1. The molecule has 0 saturated heterocycles. The topological polar surface area (TPSA) is 55.3 Å². The molecule has 4 saturated carbocycles. The molecule has 1 N–H and O–H groups in total. The van der Waals surface area contributed by atoms with Crippen molar-refractivity contribution in [2.45, 2.75) is 62.7 Å². The van der Waals surface area contributed by atoms with E-state index in [1.165, 1.54) is 25.0 Å². The van der Waals surface area contributed by atoms with Gasteiger partial charge in [-0.05, 0) is 75.0 Å². The molecule has 0 atom stereocenters. The predicted octanol–water partition coefficient (Wildman–Crippen LogP) is 5.34. The molecular formula is C21H23FN4O. The Bertz CT molecular complexity index is 887. The zero-order valence-electron chi connectivity index (χ0n) is 15.3. The van der Waals surface area contributed by atoms with E-state index in [1.807, 2.05) is 0 Å². The highest BCUT2D eigenvalue weighted by Crippen LogP contribution is 2.57. The fraction of sp³-hybridized carbons (Fsp3) is 0.571. The molecule has 1 aromatic heterocycles. The van der Waals surface area contributed by atoms with Crippen LogP contribution in [0.2, 0.25) is 0 Å². The molecule has 1 heterocycles. The van der Waals surface area contributed by atoms with Gasteiger partial charge in [0.1, 0.15) is 5.82 Å². The van der Waals surface area contributed by atoms with E-state index in [-0.39, 0.29) is 16.6 Å². The van der Waals surface area contributed by atoms with Crippen molar-refractivity contribution in [2.24, 2.45) is 5.41 Å². The Balaban J connectivity index is 1.26. The summed E-state index contributed by atoms with van der Waals surface area (Å²) in [4.78, 5) is 8.09. The lowest BCUT2D eigenvalue weighted by Crippen LogP contribution is -2.47. The number of hydrogen-bond acceptors (Lipinski definition) is 4. The Morgan fingerprint density at radius 2 is 1.89 bits per heavy atom. The van der Waals surface area contributed by atoms with Crippen LogP contribution in [0.5, 0.6) is 0 Å². The zero-order valence-corrected chi connectivity index (χ0v) is 15.3. The van der Waals surface area contributed by atoms with Crippen LogP contribution in [0.4, 0.5) is 15.8 Å². The molecule has 4 aliphatic rings. The highest BCUT2D eigenvalue weighted by Gasteiger charge is 2.52. The highest BCUT2D eigenvalue weighted by molar-refractivity contribution is 5.57. The first kappa shape index (κ1) is 16.7. The molecule has 0 aliphatic heterocycles. The van der Waals surface area contributed by atoms with E-state index < -0.39 is 0 Å². The standard InChI is InChI=1S/C21H23FN4O/c1-23-16-10-15(22)11-17(12-16)24-13-20-4-7-21(8-5-20,9-6-20)19-25-18(26-27-19)14-2-3-14/h10-12,14,24H,2-9,13H2. The van der Waals surface area contributed by atoms with E-state index in [0.717, 1.165) is 56.8 Å². The lowest BCUT2D eigenvalue weighted by atomic mass is 9.53. The van der Waals surface area contributed by atoms with Gasteiger partial charge in [-0.25, -0.2) is 9.24 Å². The summed E-state index contributed by atoms with van der Waals surface area (Å²) in [5, 5.41) is 7.61. The third-order valence-corrected chi connectivity index (χ3v) is 6.92. The summed E-state index contributed by atoms with van der Waals surface area (Å²) in [6.07, 6.45) is 8.97. The molecule has 27 heavy (non-hydrogen) atoms. The summed E-state index contributed by atoms with van der Waals surface area (Å²) in [6, 6.07) is 4.46. The Hall–Kier alpha value is -2.42. The number of anilines is 1. The molecule has 140 valence electrons. The molecule has 0 unspecified atom stereocenters. The maximum Gasteiger partial charge on any atom is 0.232 e. The molecule has 4 fully saturated rings. The van der Waals surface area contributed by atoms with Crippen molar-refractivity contribution in [1.29, 1.82) is 0 Å². The largest absolute Gasteiger partial charge is 0.385 e. The number of rotatable bonds is 5. The van der Waals surface area contributed by atoms with Gasteiger partial charge in [0, 0.05) is 23.6 Å². The zero-order chi connectivity index (χ0) is 18.5. The van der Waals surface area contributed by atoms with Crippen molar-refractivity contribution in [3.05, 3.63) is 47.1 Å². The van der Waals surface area contributed by atoms with Gasteiger partial charge >= 0.3 is 0 Å². The molecule has 1 aromatic carbocycles. The smallest absolute Gasteiger partial charge is 0.232 e. The summed E-state index contributed by atoms with van der Waals surface area (Å²) in [7, 11) is 0. The molecule has 0 radical (unpaired) electrons. The van der Waals surface area contributed by atoms with Crippen LogP contribution in [0.15, 0.2) is 22.7 Å². The minimum Gasteiger partial charge on any atom is -0.385 e. The van der Waals surface area contributed by atoms with Crippen LogP contribution in [0, 0.1) is 17.8 Å². The van der Waals surface area contributed by atoms with Crippen molar-refractivity contribution in [3.63, 3.8) is 0 Å². The SMILES string of the molecule is [C-]#[N+]c1cc(F)cc(NCC23CCC(c4nc(C5CC5)no4)(CC2)CC3)c1. The maximum absolute atomic E-state index is 13.7. The van der Waals surface area contributed by atoms with Crippen LogP contribution in [-0.2, 0) is 5.41 Å². The van der Waals surface area contributed by atoms with Crippen molar-refractivity contribution in [2.75, 3.05) is 11.9 Å². The van der Waals surface area contributed by atoms with Crippen molar-refractivity contribution >= 4 is 11.4 Å². The second kappa shape index (κ2) is 6.05. The Labute approximate surface area is 158 Å². The first-order valence-corrected chi connectivity index (χ1v) is 9.86. The molecular weight excluding hydrogens is 343 g/mol. The fourth-order valence-corrected chi connectivity index (χ4v) is 4.84. The molecule has 0 spiro atoms. The van der Waals surface area contributed by atoms with Gasteiger partial charge in [-0.3, -0.25) is 0 Å². The molecule has 6 rings (SSSR count). The third kappa shape index (κ3) is 2.99. The lowest BCUT2D eigenvalue weighted by Gasteiger charge is -2.52. The number of nitrogens with zero attached hydrogens (tertiary/aromatic N) is 3. The van der Waals surface area contributed by atoms with Crippen LogP contribution in [-0.4, -0.2) is 16.7 Å². The summed E-state index contributed by atoms with van der Waals surface area (Å²) in [5.41, 5.74) is 1.34. The van der Waals surface area contributed by atoms with Gasteiger partial charge in [0.25, 0.3) is 0 Å². The van der Waals surface area contributed by atoms with Gasteiger partial charge in [0.15, 0.2) is 11.5 Å². The van der Waals surface area contributed by atoms with Crippen LogP contribution >= 0.6 is 0 Å². The maximum atomic E-state index is 13.7. The van der Waals surface area contributed by atoms with Gasteiger partial charge in [-0.15, -0.1) is 0 Å². The summed E-state index contributed by atoms with van der Waals surface area (Å²) in [5.74, 6) is 1.93. The van der Waals surface area contributed by atoms with Crippen molar-refractivity contribution in [1.82, 2.24) is 10.1 Å². The minimum atomic E-state index is -0.363. The number of hydrogen-bond donors (Lipinski definition) is 1. The summed E-state index contributed by atoms with van der Waals surface area (Å²) in [6.45, 7) is 7.91. The lowest BCUT2D eigenvalue weighted by molar-refractivity contribution is 0.0322. The second-order valence-corrected chi connectivity index (χ2v) is 8.68. The van der Waals surface area contributed by atoms with Crippen molar-refractivity contribution < 1.29 is 8.91 Å². The van der Waals surface area contributed by atoms with E-state index in [9.17, 15) is 4.39 Å². The molecule has 2 aromatic rings. The van der Waals surface area contributed by atoms with E-state index in [0.29, 0.717) is 17.3 Å². The van der Waals surface area contributed by atoms with Gasteiger partial charge in [-0.1, -0.05) is 5.16 Å². The van der Waals surface area contributed by atoms with Crippen LogP contribution in [0.25, 0.3) is 4.85 Å². The Kier molecular flexibility index (Phi) is 3.75. The normalized spacial score (nSPS) is 29.5. The Morgan fingerprint density at radius 3 is 2.56 bits per heavy atom. The monoisotopic (exact) mass is 366 g/mol. The molecule has 0 amide bonds. The first-order valence-electron chi connectivity index (χ1n) is 9.86. The number of aromatic nitrogens is 2. The van der Waals surface area contributed by atoms with Crippen molar-refractivity contribution in [3.8, 4) is 0 Å². The van der Waals surface area contributed by atoms with E-state index in [1.54, 1.807) is 6.07 Å². The third-order valence-electron chi connectivity index (χ3n) is 6.92. The predicted molar refractivity (Wildman–Crippen MR) is 99.2 cm³/mol. The fourth-order valence-electron chi connectivity index (χ4n) is 4.84. The number of benzene rings is 1. The number of nitrogens with one attached hydrogen (secondary N) is 1. The minimum absolute atomic E-state index is 0.0675. The quantitative estimate of drug-likeness (QED) is 0.726. The molecule has 4 aliphatic carbocycles. The molecule has 5 nitrogen and oxygen atoms in total. The van der Waals surface area contributed by atoms with Gasteiger partial charge in [0.05, 0.1) is 6.57 Å². The highest BCUT2D eigenvalue weighted by atomic mass is 19.1. The van der Waals surface area contributed by atoms with Gasteiger partial charge in [0.2, 0.25) is 5.89 Å². The molecule has 2 bridgehead atoms. The summed E-state index contributed by atoms with van der Waals surface area (Å²) < 4.78 is 19.3.